The Hall–Kier alpha value is -0.200. The first kappa shape index (κ1) is 11.9. The Morgan fingerprint density at radius 3 is 3.00 bits per heavy atom. The average Bonchev–Trinajstić information content (AvgIpc) is 2.65. The van der Waals surface area contributed by atoms with Gasteiger partial charge >= 0.3 is 0 Å². The van der Waals surface area contributed by atoms with Crippen molar-refractivity contribution >= 4 is 11.8 Å². The van der Waals surface area contributed by atoms with Crippen molar-refractivity contribution in [3.8, 4) is 6.07 Å². The van der Waals surface area contributed by atoms with E-state index >= 15 is 0 Å². The van der Waals surface area contributed by atoms with Crippen molar-refractivity contribution in [2.75, 3.05) is 12.8 Å². The standard InChI is InChI=1S/C11H20N2S/c1-14-11-7-5-6-10(11)13-9-4-2-3-8-12/h10-11,13H,2-7,9H2,1H3. The van der Waals surface area contributed by atoms with E-state index in [-0.39, 0.29) is 0 Å². The van der Waals surface area contributed by atoms with E-state index in [1.54, 1.807) is 0 Å². The fraction of sp³-hybridized carbons (Fsp3) is 0.909. The summed E-state index contributed by atoms with van der Waals surface area (Å²) in [4.78, 5) is 0. The van der Waals surface area contributed by atoms with Crippen LogP contribution in [0.2, 0.25) is 0 Å². The molecule has 0 spiro atoms. The molecule has 0 amide bonds. The summed E-state index contributed by atoms with van der Waals surface area (Å²) in [5.74, 6) is 0. The number of nitriles is 1. The number of hydrogen-bond donors (Lipinski definition) is 1. The minimum Gasteiger partial charge on any atom is -0.313 e. The smallest absolute Gasteiger partial charge is 0.0621 e. The second-order valence-electron chi connectivity index (χ2n) is 3.88. The molecule has 80 valence electrons. The van der Waals surface area contributed by atoms with Gasteiger partial charge in [-0.15, -0.1) is 0 Å². The first-order chi connectivity index (χ1) is 6.88. The molecule has 1 fully saturated rings. The van der Waals surface area contributed by atoms with Crippen LogP contribution in [0.4, 0.5) is 0 Å². The minimum absolute atomic E-state index is 0.707. The lowest BCUT2D eigenvalue weighted by atomic mass is 10.2. The molecule has 0 bridgehead atoms. The molecule has 0 aliphatic heterocycles. The Kier molecular flexibility index (Phi) is 6.05. The van der Waals surface area contributed by atoms with Crippen LogP contribution in [-0.2, 0) is 0 Å². The fourth-order valence-electron chi connectivity index (χ4n) is 2.06. The van der Waals surface area contributed by atoms with E-state index in [9.17, 15) is 0 Å². The molecule has 1 saturated carbocycles. The highest BCUT2D eigenvalue weighted by Crippen LogP contribution is 2.28. The third kappa shape index (κ3) is 3.89. The van der Waals surface area contributed by atoms with Gasteiger partial charge in [0.1, 0.15) is 0 Å². The number of nitrogens with zero attached hydrogens (tertiary/aromatic N) is 1. The molecular weight excluding hydrogens is 192 g/mol. The van der Waals surface area contributed by atoms with Crippen molar-refractivity contribution in [2.45, 2.75) is 49.8 Å². The van der Waals surface area contributed by atoms with Crippen LogP contribution in [0.1, 0.15) is 38.5 Å². The summed E-state index contributed by atoms with van der Waals surface area (Å²) < 4.78 is 0. The minimum atomic E-state index is 0.707. The Balaban J connectivity index is 2.03. The summed E-state index contributed by atoms with van der Waals surface area (Å²) in [6, 6.07) is 2.91. The second kappa shape index (κ2) is 7.14. The molecule has 1 rings (SSSR count). The van der Waals surface area contributed by atoms with E-state index in [0.29, 0.717) is 6.42 Å². The molecular formula is C11H20N2S. The lowest BCUT2D eigenvalue weighted by Gasteiger charge is -2.18. The maximum absolute atomic E-state index is 8.38. The third-order valence-electron chi connectivity index (χ3n) is 2.88. The zero-order valence-electron chi connectivity index (χ0n) is 8.96. The van der Waals surface area contributed by atoms with Gasteiger partial charge in [-0.05, 0) is 38.5 Å². The summed E-state index contributed by atoms with van der Waals surface area (Å²) in [7, 11) is 0. The van der Waals surface area contributed by atoms with Gasteiger partial charge in [0.15, 0.2) is 0 Å². The Morgan fingerprint density at radius 1 is 1.43 bits per heavy atom. The topological polar surface area (TPSA) is 35.8 Å². The molecule has 0 radical (unpaired) electrons. The SMILES string of the molecule is CSC1CCCC1NCCCCC#N. The van der Waals surface area contributed by atoms with E-state index in [4.69, 9.17) is 5.26 Å². The quantitative estimate of drug-likeness (QED) is 0.687. The van der Waals surface area contributed by atoms with Crippen molar-refractivity contribution < 1.29 is 0 Å². The lowest BCUT2D eigenvalue weighted by Crippen LogP contribution is -2.34. The van der Waals surface area contributed by atoms with Gasteiger partial charge in [-0.3, -0.25) is 0 Å². The molecule has 0 aromatic rings. The number of nitrogens with one attached hydrogen (secondary N) is 1. The molecule has 0 saturated heterocycles. The summed E-state index contributed by atoms with van der Waals surface area (Å²) in [5, 5.41) is 12.8. The lowest BCUT2D eigenvalue weighted by molar-refractivity contribution is 0.516. The van der Waals surface area contributed by atoms with E-state index < -0.39 is 0 Å². The number of unbranched alkanes of at least 4 members (excludes halogenated alkanes) is 2. The maximum Gasteiger partial charge on any atom is 0.0621 e. The van der Waals surface area contributed by atoms with Crippen molar-refractivity contribution in [3.05, 3.63) is 0 Å². The summed E-state index contributed by atoms with van der Waals surface area (Å²) in [5.41, 5.74) is 0. The summed E-state index contributed by atoms with van der Waals surface area (Å²) in [6.45, 7) is 1.09. The Morgan fingerprint density at radius 2 is 2.29 bits per heavy atom. The fourth-order valence-corrected chi connectivity index (χ4v) is 3.02. The van der Waals surface area contributed by atoms with Gasteiger partial charge in [-0.2, -0.15) is 17.0 Å². The number of thioether (sulfide) groups is 1. The monoisotopic (exact) mass is 212 g/mol. The predicted octanol–water partition coefficient (Wildman–Crippen LogP) is 2.55. The highest BCUT2D eigenvalue weighted by Gasteiger charge is 2.25. The molecule has 2 atom stereocenters. The first-order valence-corrected chi connectivity index (χ1v) is 6.80. The van der Waals surface area contributed by atoms with Crippen LogP contribution in [0.15, 0.2) is 0 Å². The van der Waals surface area contributed by atoms with Gasteiger partial charge in [0.05, 0.1) is 6.07 Å². The van der Waals surface area contributed by atoms with E-state index in [2.05, 4.69) is 17.6 Å². The molecule has 2 nitrogen and oxygen atoms in total. The van der Waals surface area contributed by atoms with Gasteiger partial charge in [0, 0.05) is 17.7 Å². The van der Waals surface area contributed by atoms with Crippen LogP contribution in [-0.4, -0.2) is 24.1 Å². The Bertz CT molecular complexity index is 188. The molecule has 1 aliphatic rings. The molecule has 0 heterocycles. The van der Waals surface area contributed by atoms with Crippen molar-refractivity contribution in [1.29, 1.82) is 5.26 Å². The molecule has 0 aromatic heterocycles. The van der Waals surface area contributed by atoms with Crippen LogP contribution >= 0.6 is 11.8 Å². The van der Waals surface area contributed by atoms with Gasteiger partial charge in [-0.25, -0.2) is 0 Å². The van der Waals surface area contributed by atoms with Crippen LogP contribution in [0, 0.1) is 11.3 Å². The largest absolute Gasteiger partial charge is 0.313 e. The molecule has 1 N–H and O–H groups in total. The molecule has 14 heavy (non-hydrogen) atoms. The summed E-state index contributed by atoms with van der Waals surface area (Å²) in [6.07, 6.45) is 9.19. The van der Waals surface area contributed by atoms with Crippen LogP contribution < -0.4 is 5.32 Å². The predicted molar refractivity (Wildman–Crippen MR) is 62.4 cm³/mol. The van der Waals surface area contributed by atoms with Crippen molar-refractivity contribution in [2.24, 2.45) is 0 Å². The van der Waals surface area contributed by atoms with Gasteiger partial charge < -0.3 is 5.32 Å². The molecule has 1 aliphatic carbocycles. The van der Waals surface area contributed by atoms with Gasteiger partial charge in [-0.1, -0.05) is 6.42 Å². The van der Waals surface area contributed by atoms with Crippen LogP contribution in [0.5, 0.6) is 0 Å². The first-order valence-electron chi connectivity index (χ1n) is 5.51. The zero-order chi connectivity index (χ0) is 10.2. The van der Waals surface area contributed by atoms with E-state index in [1.807, 2.05) is 11.8 Å². The maximum atomic E-state index is 8.38. The highest BCUT2D eigenvalue weighted by atomic mass is 32.2. The van der Waals surface area contributed by atoms with Crippen molar-refractivity contribution in [3.63, 3.8) is 0 Å². The van der Waals surface area contributed by atoms with Gasteiger partial charge in [0.2, 0.25) is 0 Å². The normalized spacial score (nSPS) is 26.3. The van der Waals surface area contributed by atoms with Crippen molar-refractivity contribution in [1.82, 2.24) is 5.32 Å². The van der Waals surface area contributed by atoms with E-state index in [1.165, 1.54) is 19.3 Å². The zero-order valence-corrected chi connectivity index (χ0v) is 9.78. The average molecular weight is 212 g/mol. The molecule has 3 heteroatoms. The second-order valence-corrected chi connectivity index (χ2v) is 4.96. The third-order valence-corrected chi connectivity index (χ3v) is 4.05. The highest BCUT2D eigenvalue weighted by molar-refractivity contribution is 7.99. The molecule has 0 aromatic carbocycles. The molecule has 2 unspecified atom stereocenters. The Labute approximate surface area is 91.4 Å². The van der Waals surface area contributed by atoms with Crippen LogP contribution in [0.3, 0.4) is 0 Å². The van der Waals surface area contributed by atoms with Gasteiger partial charge in [0.25, 0.3) is 0 Å². The van der Waals surface area contributed by atoms with E-state index in [0.717, 1.165) is 30.7 Å². The summed E-state index contributed by atoms with van der Waals surface area (Å²) >= 11 is 1.99. The number of hydrogen-bond acceptors (Lipinski definition) is 3. The number of rotatable bonds is 6. The van der Waals surface area contributed by atoms with Crippen LogP contribution in [0.25, 0.3) is 0 Å².